The maximum absolute atomic E-state index is 11.7. The third-order valence-corrected chi connectivity index (χ3v) is 2.81. The van der Waals surface area contributed by atoms with Gasteiger partial charge in [-0.2, -0.15) is 0 Å². The van der Waals surface area contributed by atoms with Crippen LogP contribution in [0.3, 0.4) is 0 Å². The van der Waals surface area contributed by atoms with E-state index in [1.54, 1.807) is 20.0 Å². The Balaban J connectivity index is 1.90. The van der Waals surface area contributed by atoms with Gasteiger partial charge in [0.25, 0.3) is 0 Å². The Morgan fingerprint density at radius 1 is 1.59 bits per heavy atom. The Bertz CT molecular complexity index is 454. The molecule has 1 saturated carbocycles. The number of aryl methyl sites for hydroxylation is 1. The van der Waals surface area contributed by atoms with E-state index in [2.05, 4.69) is 10.3 Å². The number of nitrogens with one attached hydrogen (secondary N) is 1. The highest BCUT2D eigenvalue weighted by molar-refractivity contribution is 5.89. The first kappa shape index (κ1) is 11.6. The van der Waals surface area contributed by atoms with Crippen LogP contribution in [0.1, 0.15) is 31.0 Å². The van der Waals surface area contributed by atoms with Crippen molar-refractivity contribution in [1.82, 2.24) is 10.3 Å². The summed E-state index contributed by atoms with van der Waals surface area (Å²) >= 11 is 0. The zero-order valence-corrected chi connectivity index (χ0v) is 9.64. The Hall–Kier alpha value is -1.85. The molecule has 1 aliphatic rings. The third-order valence-electron chi connectivity index (χ3n) is 2.81. The Labute approximate surface area is 98.0 Å². The fourth-order valence-corrected chi connectivity index (χ4v) is 1.71. The van der Waals surface area contributed by atoms with E-state index >= 15 is 0 Å². The number of carbonyl (C=O) groups is 2. The van der Waals surface area contributed by atoms with Crippen LogP contribution in [0.25, 0.3) is 0 Å². The summed E-state index contributed by atoms with van der Waals surface area (Å²) in [6, 6.07) is -0.341. The van der Waals surface area contributed by atoms with Crippen LogP contribution in [0.15, 0.2) is 10.6 Å². The average Bonchev–Trinajstić information content (AvgIpc) is 2.95. The van der Waals surface area contributed by atoms with Crippen LogP contribution in [-0.4, -0.2) is 22.0 Å². The van der Waals surface area contributed by atoms with Gasteiger partial charge in [0.15, 0.2) is 0 Å². The second-order valence-electron chi connectivity index (χ2n) is 4.33. The molecule has 0 bridgehead atoms. The van der Waals surface area contributed by atoms with Crippen molar-refractivity contribution in [3.63, 3.8) is 0 Å². The molecule has 0 saturated heterocycles. The summed E-state index contributed by atoms with van der Waals surface area (Å²) in [5.41, 5.74) is 0. The molecule has 0 aliphatic heterocycles. The second kappa shape index (κ2) is 4.20. The molecule has 1 amide bonds. The minimum atomic E-state index is -0.912. The van der Waals surface area contributed by atoms with Crippen molar-refractivity contribution in [3.8, 4) is 0 Å². The first-order valence-electron chi connectivity index (χ1n) is 5.44. The molecule has 6 nitrogen and oxygen atoms in total. The maximum Gasteiger partial charge on any atom is 0.307 e. The van der Waals surface area contributed by atoms with E-state index in [-0.39, 0.29) is 11.9 Å². The second-order valence-corrected chi connectivity index (χ2v) is 4.33. The highest BCUT2D eigenvalue weighted by Crippen LogP contribution is 2.39. The predicted molar refractivity (Wildman–Crippen MR) is 57.0 cm³/mol. The summed E-state index contributed by atoms with van der Waals surface area (Å²) in [5.74, 6) is -0.996. The lowest BCUT2D eigenvalue weighted by Gasteiger charge is -2.09. The molecular formula is C11H14N2O4. The van der Waals surface area contributed by atoms with Gasteiger partial charge in [-0.25, -0.2) is 4.98 Å². The van der Waals surface area contributed by atoms with Crippen LogP contribution in [0, 0.1) is 18.8 Å². The van der Waals surface area contributed by atoms with Crippen molar-refractivity contribution < 1.29 is 19.1 Å². The zero-order chi connectivity index (χ0) is 12.6. The van der Waals surface area contributed by atoms with E-state index in [9.17, 15) is 9.59 Å². The molecule has 1 heterocycles. The van der Waals surface area contributed by atoms with E-state index in [4.69, 9.17) is 9.52 Å². The summed E-state index contributed by atoms with van der Waals surface area (Å²) in [6.07, 6.45) is 1.99. The third kappa shape index (κ3) is 2.46. The Morgan fingerprint density at radius 2 is 2.29 bits per heavy atom. The van der Waals surface area contributed by atoms with Crippen LogP contribution in [0.5, 0.6) is 0 Å². The van der Waals surface area contributed by atoms with Gasteiger partial charge in [0, 0.05) is 0 Å². The van der Waals surface area contributed by atoms with Crippen molar-refractivity contribution in [2.24, 2.45) is 11.8 Å². The molecule has 17 heavy (non-hydrogen) atoms. The minimum absolute atomic E-state index is 0.249. The minimum Gasteiger partial charge on any atom is -0.481 e. The number of aliphatic carboxylic acids is 1. The molecule has 0 aromatic carbocycles. The first-order valence-corrected chi connectivity index (χ1v) is 5.44. The predicted octanol–water partition coefficient (Wildman–Crippen LogP) is 0.881. The fourth-order valence-electron chi connectivity index (χ4n) is 1.71. The van der Waals surface area contributed by atoms with E-state index in [1.165, 1.54) is 0 Å². The Kier molecular flexibility index (Phi) is 2.87. The van der Waals surface area contributed by atoms with Crippen molar-refractivity contribution in [2.45, 2.75) is 26.3 Å². The van der Waals surface area contributed by atoms with Gasteiger partial charge >= 0.3 is 5.97 Å². The SMILES string of the molecule is Cc1cnc(C(C)NC(=O)[C@@H]2C[C@@H]2C(=O)O)o1. The van der Waals surface area contributed by atoms with Gasteiger partial charge in [-0.3, -0.25) is 9.59 Å². The molecule has 1 unspecified atom stereocenters. The number of oxazole rings is 1. The molecule has 92 valence electrons. The van der Waals surface area contributed by atoms with Crippen molar-refractivity contribution in [3.05, 3.63) is 17.8 Å². The molecule has 3 atom stereocenters. The number of hydrogen-bond acceptors (Lipinski definition) is 4. The summed E-state index contributed by atoms with van der Waals surface area (Å²) in [4.78, 5) is 26.3. The van der Waals surface area contributed by atoms with E-state index in [0.717, 1.165) is 0 Å². The van der Waals surface area contributed by atoms with Gasteiger partial charge in [-0.15, -0.1) is 0 Å². The number of carbonyl (C=O) groups excluding carboxylic acids is 1. The normalized spacial score (nSPS) is 24.1. The molecule has 6 heteroatoms. The monoisotopic (exact) mass is 238 g/mol. The summed E-state index contributed by atoms with van der Waals surface area (Å²) < 4.78 is 5.28. The fraction of sp³-hybridized carbons (Fsp3) is 0.545. The summed E-state index contributed by atoms with van der Waals surface area (Å²) in [6.45, 7) is 3.52. The molecule has 2 N–H and O–H groups in total. The highest BCUT2D eigenvalue weighted by Gasteiger charge is 2.48. The number of carboxylic acids is 1. The topological polar surface area (TPSA) is 92.4 Å². The quantitative estimate of drug-likeness (QED) is 0.812. The zero-order valence-electron chi connectivity index (χ0n) is 9.64. The van der Waals surface area contributed by atoms with Gasteiger partial charge in [0.05, 0.1) is 18.0 Å². The number of aromatic nitrogens is 1. The van der Waals surface area contributed by atoms with Crippen molar-refractivity contribution in [1.29, 1.82) is 0 Å². The van der Waals surface area contributed by atoms with Gasteiger partial charge < -0.3 is 14.8 Å². The number of carboxylic acid groups (broad SMARTS) is 1. The number of nitrogens with zero attached hydrogens (tertiary/aromatic N) is 1. The Morgan fingerprint density at radius 3 is 2.76 bits per heavy atom. The van der Waals surface area contributed by atoms with Crippen LogP contribution >= 0.6 is 0 Å². The standard InChI is InChI=1S/C11H14N2O4/c1-5-4-12-10(17-5)6(2)13-9(14)7-3-8(7)11(15)16/h4,6-8H,3H2,1-2H3,(H,13,14)(H,15,16)/t6?,7-,8+/m1/s1. The van der Waals surface area contributed by atoms with Crippen LogP contribution < -0.4 is 5.32 Å². The molecular weight excluding hydrogens is 224 g/mol. The van der Waals surface area contributed by atoms with Gasteiger partial charge in [-0.1, -0.05) is 0 Å². The molecule has 0 spiro atoms. The highest BCUT2D eigenvalue weighted by atomic mass is 16.4. The molecule has 0 radical (unpaired) electrons. The summed E-state index contributed by atoms with van der Waals surface area (Å²) in [5, 5.41) is 11.4. The van der Waals surface area contributed by atoms with Gasteiger partial charge in [0.2, 0.25) is 11.8 Å². The molecule has 1 aromatic heterocycles. The molecule has 1 fully saturated rings. The average molecular weight is 238 g/mol. The van der Waals surface area contributed by atoms with E-state index < -0.39 is 17.8 Å². The van der Waals surface area contributed by atoms with E-state index in [0.29, 0.717) is 18.1 Å². The number of amides is 1. The smallest absolute Gasteiger partial charge is 0.307 e. The molecule has 1 aromatic rings. The van der Waals surface area contributed by atoms with Crippen molar-refractivity contribution in [2.75, 3.05) is 0 Å². The molecule has 2 rings (SSSR count). The first-order chi connectivity index (χ1) is 7.99. The van der Waals surface area contributed by atoms with Crippen LogP contribution in [0.4, 0.5) is 0 Å². The van der Waals surface area contributed by atoms with Crippen molar-refractivity contribution >= 4 is 11.9 Å². The van der Waals surface area contributed by atoms with Crippen LogP contribution in [0.2, 0.25) is 0 Å². The lowest BCUT2D eigenvalue weighted by Crippen LogP contribution is -2.29. The van der Waals surface area contributed by atoms with E-state index in [1.807, 2.05) is 0 Å². The largest absolute Gasteiger partial charge is 0.481 e. The van der Waals surface area contributed by atoms with Gasteiger partial charge in [-0.05, 0) is 20.3 Å². The van der Waals surface area contributed by atoms with Crippen LogP contribution in [-0.2, 0) is 9.59 Å². The van der Waals surface area contributed by atoms with Gasteiger partial charge in [0.1, 0.15) is 11.8 Å². The lowest BCUT2D eigenvalue weighted by molar-refractivity contribution is -0.140. The summed E-state index contributed by atoms with van der Waals surface area (Å²) in [7, 11) is 0. The lowest BCUT2D eigenvalue weighted by atomic mass is 10.2. The number of hydrogen-bond donors (Lipinski definition) is 2. The number of rotatable bonds is 4. The molecule has 1 aliphatic carbocycles. The maximum atomic E-state index is 11.7.